The predicted octanol–water partition coefficient (Wildman–Crippen LogP) is 1.60. The van der Waals surface area contributed by atoms with Crippen molar-refractivity contribution in [2.45, 2.75) is 30.7 Å². The van der Waals surface area contributed by atoms with Crippen molar-refractivity contribution in [3.63, 3.8) is 0 Å². The maximum absolute atomic E-state index is 8.94. The summed E-state index contributed by atoms with van der Waals surface area (Å²) in [5, 5.41) is 8.42. The summed E-state index contributed by atoms with van der Waals surface area (Å²) in [6.45, 7) is 3.43. The highest BCUT2D eigenvalue weighted by atomic mass is 35.5. The van der Waals surface area contributed by atoms with E-state index in [-0.39, 0.29) is 10.8 Å². The summed E-state index contributed by atoms with van der Waals surface area (Å²) < 4.78 is 0. The van der Waals surface area contributed by atoms with Gasteiger partial charge < -0.3 is 5.11 Å². The van der Waals surface area contributed by atoms with Crippen LogP contribution in [0.1, 0.15) is 13.8 Å². The van der Waals surface area contributed by atoms with Gasteiger partial charge in [-0.05, 0) is 13.8 Å². The molecular formula is C5H10Cl2O. The molecule has 0 bridgehead atoms. The lowest BCUT2D eigenvalue weighted by atomic mass is 10.2. The Morgan fingerprint density at radius 2 is 1.38 bits per heavy atom. The molecule has 1 nitrogen and oxygen atoms in total. The lowest BCUT2D eigenvalue weighted by Gasteiger charge is -2.13. The molecule has 0 heterocycles. The molecule has 0 saturated heterocycles. The Morgan fingerprint density at radius 1 is 1.12 bits per heavy atom. The minimum Gasteiger partial charge on any atom is -0.390 e. The van der Waals surface area contributed by atoms with Gasteiger partial charge in [-0.25, -0.2) is 0 Å². The summed E-state index contributed by atoms with van der Waals surface area (Å²) in [5.41, 5.74) is 0. The molecule has 2 unspecified atom stereocenters. The first kappa shape index (κ1) is 8.54. The van der Waals surface area contributed by atoms with Crippen molar-refractivity contribution in [2.24, 2.45) is 0 Å². The Morgan fingerprint density at radius 3 is 1.38 bits per heavy atom. The van der Waals surface area contributed by atoms with E-state index in [2.05, 4.69) is 0 Å². The van der Waals surface area contributed by atoms with E-state index in [1.807, 2.05) is 0 Å². The van der Waals surface area contributed by atoms with Crippen LogP contribution in [0.5, 0.6) is 0 Å². The van der Waals surface area contributed by atoms with Gasteiger partial charge in [0.1, 0.15) is 0 Å². The molecule has 0 aliphatic carbocycles. The van der Waals surface area contributed by atoms with Crippen molar-refractivity contribution in [2.75, 3.05) is 0 Å². The Hall–Kier alpha value is 0.540. The van der Waals surface area contributed by atoms with E-state index in [4.69, 9.17) is 28.3 Å². The van der Waals surface area contributed by atoms with E-state index >= 15 is 0 Å². The van der Waals surface area contributed by atoms with Crippen LogP contribution in [0, 0.1) is 0 Å². The molecule has 0 aliphatic heterocycles. The molecule has 0 aromatic heterocycles. The highest BCUT2D eigenvalue weighted by molar-refractivity contribution is 6.24. The Bertz CT molecular complexity index is 55.4. The summed E-state index contributed by atoms with van der Waals surface area (Å²) in [6.07, 6.45) is -0.599. The Labute approximate surface area is 59.6 Å². The van der Waals surface area contributed by atoms with E-state index < -0.39 is 6.10 Å². The van der Waals surface area contributed by atoms with Crippen LogP contribution in [0.15, 0.2) is 0 Å². The van der Waals surface area contributed by atoms with Crippen LogP contribution in [0.25, 0.3) is 0 Å². The van der Waals surface area contributed by atoms with Crippen LogP contribution >= 0.6 is 23.2 Å². The van der Waals surface area contributed by atoms with Crippen molar-refractivity contribution in [1.29, 1.82) is 0 Å². The molecule has 0 rings (SSSR count). The number of rotatable bonds is 2. The fourth-order valence-corrected chi connectivity index (χ4v) is 0.876. The molecule has 50 valence electrons. The SMILES string of the molecule is CC(Cl)C(O)C(C)Cl. The fraction of sp³-hybridized carbons (Fsp3) is 1.00. The van der Waals surface area contributed by atoms with Gasteiger partial charge in [0.25, 0.3) is 0 Å². The topological polar surface area (TPSA) is 20.2 Å². The zero-order valence-corrected chi connectivity index (χ0v) is 6.45. The number of hydrogen-bond acceptors (Lipinski definition) is 1. The predicted molar refractivity (Wildman–Crippen MR) is 36.6 cm³/mol. The van der Waals surface area contributed by atoms with Crippen molar-refractivity contribution in [3.05, 3.63) is 0 Å². The molecule has 0 fully saturated rings. The third kappa shape index (κ3) is 2.75. The summed E-state index contributed by atoms with van der Waals surface area (Å²) in [6, 6.07) is 0. The van der Waals surface area contributed by atoms with Crippen LogP contribution in [0.2, 0.25) is 0 Å². The zero-order chi connectivity index (χ0) is 6.73. The lowest BCUT2D eigenvalue weighted by Crippen LogP contribution is -2.26. The third-order valence-corrected chi connectivity index (χ3v) is 1.46. The molecule has 0 spiro atoms. The molecule has 0 amide bonds. The highest BCUT2D eigenvalue weighted by Crippen LogP contribution is 2.09. The number of halogens is 2. The first-order chi connectivity index (χ1) is 3.55. The molecule has 0 aromatic rings. The van der Waals surface area contributed by atoms with Gasteiger partial charge >= 0.3 is 0 Å². The zero-order valence-electron chi connectivity index (χ0n) is 4.94. The molecule has 8 heavy (non-hydrogen) atoms. The van der Waals surface area contributed by atoms with Crippen LogP contribution in [-0.2, 0) is 0 Å². The van der Waals surface area contributed by atoms with Gasteiger partial charge in [-0.2, -0.15) is 0 Å². The van der Waals surface area contributed by atoms with Gasteiger partial charge in [0, 0.05) is 0 Å². The fourth-order valence-electron chi connectivity index (χ4n) is 0.365. The molecule has 0 aromatic carbocycles. The molecule has 1 N–H and O–H groups in total. The average Bonchev–Trinajstić information content (AvgIpc) is 1.64. The summed E-state index contributed by atoms with van der Waals surface area (Å²) in [4.78, 5) is 0. The van der Waals surface area contributed by atoms with E-state index in [1.54, 1.807) is 13.8 Å². The second-order valence-corrected chi connectivity index (χ2v) is 3.22. The molecule has 3 heteroatoms. The summed E-state index contributed by atoms with van der Waals surface area (Å²) in [5.74, 6) is 0. The van der Waals surface area contributed by atoms with E-state index in [1.165, 1.54) is 0 Å². The first-order valence-electron chi connectivity index (χ1n) is 2.52. The minimum atomic E-state index is -0.599. The molecule has 2 atom stereocenters. The van der Waals surface area contributed by atoms with Gasteiger partial charge in [-0.3, -0.25) is 0 Å². The Kier molecular flexibility index (Phi) is 3.78. The summed E-state index contributed by atoms with van der Waals surface area (Å²) in [7, 11) is 0. The van der Waals surface area contributed by atoms with Crippen LogP contribution in [0.3, 0.4) is 0 Å². The van der Waals surface area contributed by atoms with Gasteiger partial charge in [-0.15, -0.1) is 23.2 Å². The van der Waals surface area contributed by atoms with Crippen molar-refractivity contribution in [3.8, 4) is 0 Å². The first-order valence-corrected chi connectivity index (χ1v) is 3.39. The molecule has 0 radical (unpaired) electrons. The highest BCUT2D eigenvalue weighted by Gasteiger charge is 2.15. The standard InChI is InChI=1S/C5H10Cl2O/c1-3(6)5(8)4(2)7/h3-5,8H,1-2H3. The van der Waals surface area contributed by atoms with Crippen LogP contribution in [0.4, 0.5) is 0 Å². The monoisotopic (exact) mass is 156 g/mol. The van der Waals surface area contributed by atoms with Crippen molar-refractivity contribution < 1.29 is 5.11 Å². The van der Waals surface area contributed by atoms with Crippen LogP contribution in [-0.4, -0.2) is 22.0 Å². The molecular weight excluding hydrogens is 147 g/mol. The van der Waals surface area contributed by atoms with E-state index in [0.29, 0.717) is 0 Å². The maximum atomic E-state index is 8.94. The van der Waals surface area contributed by atoms with Crippen LogP contribution < -0.4 is 0 Å². The summed E-state index contributed by atoms with van der Waals surface area (Å²) >= 11 is 11.0. The molecule has 0 saturated carbocycles. The quantitative estimate of drug-likeness (QED) is 0.603. The number of aliphatic hydroxyl groups is 1. The van der Waals surface area contributed by atoms with Gasteiger partial charge in [0.2, 0.25) is 0 Å². The van der Waals surface area contributed by atoms with Gasteiger partial charge in [-0.1, -0.05) is 0 Å². The normalized spacial score (nSPS) is 22.1. The number of aliphatic hydroxyl groups excluding tert-OH is 1. The van der Waals surface area contributed by atoms with E-state index in [9.17, 15) is 0 Å². The molecule has 0 aliphatic rings. The van der Waals surface area contributed by atoms with E-state index in [0.717, 1.165) is 0 Å². The second kappa shape index (κ2) is 3.54. The van der Waals surface area contributed by atoms with Gasteiger partial charge in [0.05, 0.1) is 16.9 Å². The number of alkyl halides is 2. The lowest BCUT2D eigenvalue weighted by molar-refractivity contribution is 0.173. The average molecular weight is 157 g/mol. The maximum Gasteiger partial charge on any atom is 0.0861 e. The van der Waals surface area contributed by atoms with Gasteiger partial charge in [0.15, 0.2) is 0 Å². The Balaban J connectivity index is 3.46. The van der Waals surface area contributed by atoms with Crippen molar-refractivity contribution in [1.82, 2.24) is 0 Å². The smallest absolute Gasteiger partial charge is 0.0861 e. The largest absolute Gasteiger partial charge is 0.390 e. The number of hydrogen-bond donors (Lipinski definition) is 1. The minimum absolute atomic E-state index is 0.262. The second-order valence-electron chi connectivity index (χ2n) is 1.85. The third-order valence-electron chi connectivity index (χ3n) is 0.941. The van der Waals surface area contributed by atoms with Crippen molar-refractivity contribution >= 4 is 23.2 Å².